The molecule has 0 unspecified atom stereocenters. The van der Waals surface area contributed by atoms with E-state index in [0.717, 1.165) is 16.9 Å². The molecule has 2 heterocycles. The molecular formula is C13H10N2O3. The quantitative estimate of drug-likeness (QED) is 0.867. The van der Waals surface area contributed by atoms with Crippen molar-refractivity contribution in [3.8, 4) is 22.6 Å². The molecular weight excluding hydrogens is 232 g/mol. The first-order valence-electron chi connectivity index (χ1n) is 5.39. The van der Waals surface area contributed by atoms with E-state index in [-0.39, 0.29) is 6.79 Å². The highest BCUT2D eigenvalue weighted by atomic mass is 16.7. The Labute approximate surface area is 103 Å². The summed E-state index contributed by atoms with van der Waals surface area (Å²) in [5.74, 6) is 0.917. The van der Waals surface area contributed by atoms with Gasteiger partial charge >= 0.3 is 0 Å². The van der Waals surface area contributed by atoms with Crippen LogP contribution in [0.15, 0.2) is 36.7 Å². The second kappa shape index (κ2) is 4.03. The molecule has 0 saturated carbocycles. The van der Waals surface area contributed by atoms with Crippen molar-refractivity contribution in [1.29, 1.82) is 0 Å². The minimum absolute atomic E-state index is 0.234. The third kappa shape index (κ3) is 1.75. The number of ether oxygens (including phenoxy) is 2. The van der Waals surface area contributed by atoms with Gasteiger partial charge in [-0.05, 0) is 23.8 Å². The Morgan fingerprint density at radius 3 is 2.78 bits per heavy atom. The van der Waals surface area contributed by atoms with Gasteiger partial charge in [0.1, 0.15) is 0 Å². The third-order valence-corrected chi connectivity index (χ3v) is 2.73. The predicted molar refractivity (Wildman–Crippen MR) is 64.3 cm³/mol. The first-order valence-corrected chi connectivity index (χ1v) is 5.39. The van der Waals surface area contributed by atoms with E-state index < -0.39 is 5.91 Å². The fourth-order valence-corrected chi connectivity index (χ4v) is 1.81. The zero-order chi connectivity index (χ0) is 12.5. The number of hydrogen-bond donors (Lipinski definition) is 1. The highest BCUT2D eigenvalue weighted by Gasteiger charge is 2.14. The van der Waals surface area contributed by atoms with Gasteiger partial charge in [-0.3, -0.25) is 9.78 Å². The van der Waals surface area contributed by atoms with Crippen molar-refractivity contribution in [3.05, 3.63) is 42.2 Å². The normalized spacial score (nSPS) is 12.4. The molecule has 0 radical (unpaired) electrons. The summed E-state index contributed by atoms with van der Waals surface area (Å²) in [6.07, 6.45) is 3.11. The molecule has 0 bridgehead atoms. The molecule has 0 aliphatic carbocycles. The van der Waals surface area contributed by atoms with E-state index in [4.69, 9.17) is 15.2 Å². The summed E-state index contributed by atoms with van der Waals surface area (Å²) in [6.45, 7) is 0.234. The molecule has 0 spiro atoms. The Kier molecular flexibility index (Phi) is 2.37. The number of fused-ring (bicyclic) bond motifs is 1. The maximum absolute atomic E-state index is 11.1. The number of hydrogen-bond acceptors (Lipinski definition) is 4. The summed E-state index contributed by atoms with van der Waals surface area (Å²) in [7, 11) is 0. The number of nitrogens with two attached hydrogens (primary N) is 1. The summed E-state index contributed by atoms with van der Waals surface area (Å²) in [6, 6.07) is 7.26. The fourth-order valence-electron chi connectivity index (χ4n) is 1.81. The molecule has 18 heavy (non-hydrogen) atoms. The second-order valence-electron chi connectivity index (χ2n) is 3.89. The average molecular weight is 242 g/mol. The molecule has 1 aliphatic rings. The molecule has 90 valence electrons. The van der Waals surface area contributed by atoms with E-state index >= 15 is 0 Å². The van der Waals surface area contributed by atoms with Gasteiger partial charge in [0.2, 0.25) is 12.7 Å². The van der Waals surface area contributed by atoms with Crippen molar-refractivity contribution in [1.82, 2.24) is 4.98 Å². The van der Waals surface area contributed by atoms with Gasteiger partial charge < -0.3 is 15.2 Å². The van der Waals surface area contributed by atoms with E-state index in [1.54, 1.807) is 12.3 Å². The van der Waals surface area contributed by atoms with Gasteiger partial charge in [-0.25, -0.2) is 0 Å². The van der Waals surface area contributed by atoms with Crippen LogP contribution in [0.4, 0.5) is 0 Å². The van der Waals surface area contributed by atoms with Crippen LogP contribution in [0.1, 0.15) is 10.4 Å². The highest BCUT2D eigenvalue weighted by molar-refractivity contribution is 5.93. The maximum atomic E-state index is 11.1. The summed E-state index contributed by atoms with van der Waals surface area (Å²) >= 11 is 0. The zero-order valence-corrected chi connectivity index (χ0v) is 9.42. The van der Waals surface area contributed by atoms with Gasteiger partial charge in [0.25, 0.3) is 0 Å². The first kappa shape index (κ1) is 10.6. The first-order chi connectivity index (χ1) is 8.74. The van der Waals surface area contributed by atoms with Crippen LogP contribution in [-0.4, -0.2) is 17.7 Å². The van der Waals surface area contributed by atoms with Gasteiger partial charge in [-0.15, -0.1) is 0 Å². The van der Waals surface area contributed by atoms with Crippen molar-refractivity contribution in [2.75, 3.05) is 6.79 Å². The number of nitrogens with zero attached hydrogens (tertiary/aromatic N) is 1. The third-order valence-electron chi connectivity index (χ3n) is 2.73. The molecule has 2 N–H and O–H groups in total. The lowest BCUT2D eigenvalue weighted by molar-refractivity contribution is 0.1000. The number of aromatic nitrogens is 1. The zero-order valence-electron chi connectivity index (χ0n) is 9.42. The van der Waals surface area contributed by atoms with Crippen LogP contribution < -0.4 is 15.2 Å². The maximum Gasteiger partial charge on any atom is 0.250 e. The van der Waals surface area contributed by atoms with Crippen molar-refractivity contribution < 1.29 is 14.3 Å². The molecule has 5 nitrogen and oxygen atoms in total. The number of pyridine rings is 1. The number of carbonyl (C=O) groups is 1. The number of rotatable bonds is 2. The summed E-state index contributed by atoms with van der Waals surface area (Å²) in [4.78, 5) is 15.1. The SMILES string of the molecule is NC(=O)c1cncc(-c2ccc3c(c2)OCO3)c1. The smallest absolute Gasteiger partial charge is 0.250 e. The van der Waals surface area contributed by atoms with Crippen LogP contribution >= 0.6 is 0 Å². The Morgan fingerprint density at radius 1 is 1.11 bits per heavy atom. The lowest BCUT2D eigenvalue weighted by Gasteiger charge is -2.04. The molecule has 5 heteroatoms. The van der Waals surface area contributed by atoms with Crippen molar-refractivity contribution in [3.63, 3.8) is 0 Å². The van der Waals surface area contributed by atoms with E-state index in [0.29, 0.717) is 11.3 Å². The van der Waals surface area contributed by atoms with E-state index in [9.17, 15) is 4.79 Å². The van der Waals surface area contributed by atoms with E-state index in [1.807, 2.05) is 18.2 Å². The Balaban J connectivity index is 2.04. The number of benzene rings is 1. The lowest BCUT2D eigenvalue weighted by Crippen LogP contribution is -2.11. The predicted octanol–water partition coefficient (Wildman–Crippen LogP) is 1.58. The summed E-state index contributed by atoms with van der Waals surface area (Å²) in [5, 5.41) is 0. The number of carbonyl (C=O) groups excluding carboxylic acids is 1. The average Bonchev–Trinajstić information content (AvgIpc) is 2.86. The van der Waals surface area contributed by atoms with E-state index in [1.165, 1.54) is 6.20 Å². The van der Waals surface area contributed by atoms with Crippen LogP contribution in [0.25, 0.3) is 11.1 Å². The second-order valence-corrected chi connectivity index (χ2v) is 3.89. The van der Waals surface area contributed by atoms with Crippen LogP contribution in [0.2, 0.25) is 0 Å². The Morgan fingerprint density at radius 2 is 1.94 bits per heavy atom. The van der Waals surface area contributed by atoms with Crippen molar-refractivity contribution >= 4 is 5.91 Å². The largest absolute Gasteiger partial charge is 0.454 e. The van der Waals surface area contributed by atoms with Gasteiger partial charge in [0.05, 0.1) is 5.56 Å². The van der Waals surface area contributed by atoms with Crippen LogP contribution in [0, 0.1) is 0 Å². The van der Waals surface area contributed by atoms with Gasteiger partial charge in [0, 0.05) is 18.0 Å². The molecule has 0 saturated heterocycles. The standard InChI is InChI=1S/C13H10N2O3/c14-13(16)10-3-9(5-15-6-10)8-1-2-11-12(4-8)18-7-17-11/h1-6H,7H2,(H2,14,16). The number of primary amides is 1. The van der Waals surface area contributed by atoms with Crippen LogP contribution in [-0.2, 0) is 0 Å². The van der Waals surface area contributed by atoms with Crippen LogP contribution in [0.3, 0.4) is 0 Å². The van der Waals surface area contributed by atoms with Crippen molar-refractivity contribution in [2.45, 2.75) is 0 Å². The molecule has 1 aliphatic heterocycles. The molecule has 3 rings (SSSR count). The molecule has 0 atom stereocenters. The minimum atomic E-state index is -0.495. The monoisotopic (exact) mass is 242 g/mol. The van der Waals surface area contributed by atoms with Gasteiger partial charge in [-0.1, -0.05) is 6.07 Å². The lowest BCUT2D eigenvalue weighted by atomic mass is 10.1. The Hall–Kier alpha value is -2.56. The highest BCUT2D eigenvalue weighted by Crippen LogP contribution is 2.35. The van der Waals surface area contributed by atoms with Crippen molar-refractivity contribution in [2.24, 2.45) is 5.73 Å². The fraction of sp³-hybridized carbons (Fsp3) is 0.0769. The molecule has 2 aromatic rings. The molecule has 1 amide bonds. The minimum Gasteiger partial charge on any atom is -0.454 e. The van der Waals surface area contributed by atoms with Crippen LogP contribution in [0.5, 0.6) is 11.5 Å². The topological polar surface area (TPSA) is 74.4 Å². The Bertz CT molecular complexity index is 625. The molecule has 1 aromatic heterocycles. The van der Waals surface area contributed by atoms with Gasteiger partial charge in [-0.2, -0.15) is 0 Å². The summed E-state index contributed by atoms with van der Waals surface area (Å²) < 4.78 is 10.5. The van der Waals surface area contributed by atoms with E-state index in [2.05, 4.69) is 4.98 Å². The molecule has 0 fully saturated rings. The number of amides is 1. The summed E-state index contributed by atoms with van der Waals surface area (Å²) in [5.41, 5.74) is 7.31. The molecule has 1 aromatic carbocycles. The van der Waals surface area contributed by atoms with Gasteiger partial charge in [0.15, 0.2) is 11.5 Å².